The summed E-state index contributed by atoms with van der Waals surface area (Å²) in [7, 11) is -5.67. The second-order valence-electron chi connectivity index (χ2n) is 7.24. The molecule has 0 aromatic heterocycles. The van der Waals surface area contributed by atoms with Crippen LogP contribution in [0.1, 0.15) is 57.6 Å². The molecule has 0 saturated heterocycles. The van der Waals surface area contributed by atoms with Gasteiger partial charge in [-0.2, -0.15) is 21.6 Å². The number of alkyl halides is 3. The first-order valence-corrected chi connectivity index (χ1v) is 9.76. The van der Waals surface area contributed by atoms with Crippen LogP contribution in [-0.4, -0.2) is 25.1 Å². The fourth-order valence-electron chi connectivity index (χ4n) is 4.27. The summed E-state index contributed by atoms with van der Waals surface area (Å²) in [5.41, 5.74) is -3.75. The molecule has 1 saturated carbocycles. The number of hydrogen-bond donors (Lipinski definition) is 1. The number of rotatable bonds is 2. The maximum absolute atomic E-state index is 12.5. The summed E-state index contributed by atoms with van der Waals surface area (Å²) in [5, 5.41) is 9.96. The van der Waals surface area contributed by atoms with E-state index in [4.69, 9.17) is 0 Å². The largest absolute Gasteiger partial charge is 0.534 e. The average Bonchev–Trinajstić information content (AvgIpc) is 2.62. The van der Waals surface area contributed by atoms with E-state index < -0.39 is 15.6 Å². The summed E-state index contributed by atoms with van der Waals surface area (Å²) in [6.45, 7) is 2.13. The number of aryl methyl sites for hydroxylation is 1. The number of hydrogen-bond acceptors (Lipinski definition) is 4. The fraction of sp³-hybridized carbons (Fsp3) is 0.667. The van der Waals surface area contributed by atoms with Gasteiger partial charge >= 0.3 is 15.6 Å². The highest BCUT2D eigenvalue weighted by Gasteiger charge is 2.49. The molecule has 3 atom stereocenters. The third-order valence-electron chi connectivity index (χ3n) is 5.63. The zero-order valence-electron chi connectivity index (χ0n) is 13.8. The molecule has 0 aliphatic heterocycles. The molecule has 1 aromatic carbocycles. The van der Waals surface area contributed by atoms with Crippen molar-refractivity contribution >= 4 is 10.1 Å². The minimum absolute atomic E-state index is 0. The topological polar surface area (TPSA) is 63.6 Å². The van der Waals surface area contributed by atoms with Gasteiger partial charge in [0.15, 0.2) is 0 Å². The van der Waals surface area contributed by atoms with E-state index in [9.17, 15) is 26.7 Å². The molecule has 2 aliphatic carbocycles. The van der Waals surface area contributed by atoms with Crippen molar-refractivity contribution in [2.24, 2.45) is 5.92 Å². The molecule has 1 N–H and O–H groups in total. The lowest BCUT2D eigenvalue weighted by molar-refractivity contribution is -0.0500. The Morgan fingerprint density at radius 3 is 2.62 bits per heavy atom. The number of aliphatic hydroxyl groups is 1. The van der Waals surface area contributed by atoms with Crippen LogP contribution in [0.3, 0.4) is 0 Å². The van der Waals surface area contributed by atoms with Crippen molar-refractivity contribution in [2.75, 3.05) is 0 Å². The van der Waals surface area contributed by atoms with Crippen molar-refractivity contribution in [1.29, 1.82) is 0 Å². The SMILES string of the molecule is C.CC12CCC(O)CC1CCCc1cc(OS(=O)(=O)C(F)(F)F)ccc12. The zero-order valence-corrected chi connectivity index (χ0v) is 14.7. The summed E-state index contributed by atoms with van der Waals surface area (Å²) in [4.78, 5) is 0. The second kappa shape index (κ2) is 7.03. The minimum Gasteiger partial charge on any atom is -0.393 e. The van der Waals surface area contributed by atoms with Crippen LogP contribution in [-0.2, 0) is 22.0 Å². The van der Waals surface area contributed by atoms with Crippen LogP contribution in [0, 0.1) is 5.92 Å². The summed E-state index contributed by atoms with van der Waals surface area (Å²) >= 11 is 0. The average molecular weight is 394 g/mol. The predicted octanol–water partition coefficient (Wildman–Crippen LogP) is 4.31. The Hall–Kier alpha value is -1.28. The lowest BCUT2D eigenvalue weighted by Gasteiger charge is -2.43. The van der Waals surface area contributed by atoms with E-state index in [1.807, 2.05) is 0 Å². The van der Waals surface area contributed by atoms with Crippen molar-refractivity contribution in [3.05, 3.63) is 29.3 Å². The van der Waals surface area contributed by atoms with Gasteiger partial charge < -0.3 is 9.29 Å². The lowest BCUT2D eigenvalue weighted by atomic mass is 9.62. The molecule has 0 spiro atoms. The highest BCUT2D eigenvalue weighted by molar-refractivity contribution is 7.88. The Balaban J connectivity index is 0.00000243. The Kier molecular flexibility index (Phi) is 5.69. The molecule has 1 aromatic rings. The van der Waals surface area contributed by atoms with E-state index in [2.05, 4.69) is 11.1 Å². The normalized spacial score (nSPS) is 29.0. The highest BCUT2D eigenvalue weighted by atomic mass is 32.2. The Morgan fingerprint density at radius 1 is 1.27 bits per heavy atom. The summed E-state index contributed by atoms with van der Waals surface area (Å²) < 4.78 is 64.2. The first-order valence-electron chi connectivity index (χ1n) is 8.35. The molecule has 1 fully saturated rings. The van der Waals surface area contributed by atoms with Gasteiger partial charge in [0.1, 0.15) is 5.75 Å². The molecular formula is C18H25F3O4S. The van der Waals surface area contributed by atoms with E-state index in [0.717, 1.165) is 36.8 Å². The molecular weight excluding hydrogens is 369 g/mol. The van der Waals surface area contributed by atoms with E-state index in [-0.39, 0.29) is 24.7 Å². The quantitative estimate of drug-likeness (QED) is 0.600. The van der Waals surface area contributed by atoms with Crippen LogP contribution in [0.25, 0.3) is 0 Å². The maximum Gasteiger partial charge on any atom is 0.534 e. The van der Waals surface area contributed by atoms with Crippen LogP contribution >= 0.6 is 0 Å². The monoisotopic (exact) mass is 394 g/mol. The van der Waals surface area contributed by atoms with Gasteiger partial charge in [-0.25, -0.2) is 0 Å². The van der Waals surface area contributed by atoms with E-state index in [1.165, 1.54) is 12.1 Å². The van der Waals surface area contributed by atoms with Gasteiger partial charge in [-0.05, 0) is 73.1 Å². The van der Waals surface area contributed by atoms with Gasteiger partial charge in [0, 0.05) is 0 Å². The van der Waals surface area contributed by atoms with Gasteiger partial charge in [-0.3, -0.25) is 0 Å². The van der Waals surface area contributed by atoms with Crippen LogP contribution < -0.4 is 4.18 Å². The Morgan fingerprint density at radius 2 is 1.96 bits per heavy atom. The molecule has 0 radical (unpaired) electrons. The third-order valence-corrected chi connectivity index (χ3v) is 6.61. The molecule has 3 unspecified atom stereocenters. The van der Waals surface area contributed by atoms with E-state index in [1.54, 1.807) is 6.07 Å². The number of fused-ring (bicyclic) bond motifs is 3. The van der Waals surface area contributed by atoms with Gasteiger partial charge in [-0.1, -0.05) is 20.4 Å². The van der Waals surface area contributed by atoms with Gasteiger partial charge in [0.05, 0.1) is 6.10 Å². The molecule has 8 heteroatoms. The van der Waals surface area contributed by atoms with Crippen LogP contribution in [0.15, 0.2) is 18.2 Å². The first kappa shape index (κ1) is 21.0. The standard InChI is InChI=1S/C17H21F3O4S.CH4/c1-16-8-7-13(21)10-12(16)4-2-3-11-9-14(5-6-15(11)16)24-25(22,23)17(18,19)20;/h5-6,9,12-13,21H,2-4,7-8,10H2,1H3;1H4. The number of halogens is 3. The summed E-state index contributed by atoms with van der Waals surface area (Å²) in [6, 6.07) is 4.39. The molecule has 3 rings (SSSR count). The first-order chi connectivity index (χ1) is 11.5. The molecule has 0 bridgehead atoms. The summed E-state index contributed by atoms with van der Waals surface area (Å²) in [6.07, 6.45) is 4.32. The molecule has 0 heterocycles. The second-order valence-corrected chi connectivity index (χ2v) is 8.77. The van der Waals surface area contributed by atoms with Gasteiger partial charge in [0.25, 0.3) is 0 Å². The van der Waals surface area contributed by atoms with E-state index >= 15 is 0 Å². The summed E-state index contributed by atoms with van der Waals surface area (Å²) in [5.74, 6) is -0.00264. The van der Waals surface area contributed by atoms with Gasteiger partial charge in [-0.15, -0.1) is 0 Å². The van der Waals surface area contributed by atoms with Crippen molar-refractivity contribution in [1.82, 2.24) is 0 Å². The molecule has 148 valence electrons. The Bertz CT molecular complexity index is 760. The predicted molar refractivity (Wildman–Crippen MR) is 92.4 cm³/mol. The smallest absolute Gasteiger partial charge is 0.393 e. The van der Waals surface area contributed by atoms with Crippen LogP contribution in [0.4, 0.5) is 13.2 Å². The lowest BCUT2D eigenvalue weighted by Crippen LogP contribution is -2.39. The van der Waals surface area contributed by atoms with Gasteiger partial charge in [0.2, 0.25) is 0 Å². The highest BCUT2D eigenvalue weighted by Crippen LogP contribution is 2.49. The maximum atomic E-state index is 12.5. The third kappa shape index (κ3) is 3.71. The fourth-order valence-corrected chi connectivity index (χ4v) is 4.72. The minimum atomic E-state index is -5.67. The zero-order chi connectivity index (χ0) is 18.5. The molecule has 0 amide bonds. The van der Waals surface area contributed by atoms with Crippen molar-refractivity contribution in [2.45, 2.75) is 69.9 Å². The van der Waals surface area contributed by atoms with Crippen molar-refractivity contribution in [3.8, 4) is 5.75 Å². The van der Waals surface area contributed by atoms with Crippen molar-refractivity contribution in [3.63, 3.8) is 0 Å². The van der Waals surface area contributed by atoms with E-state index in [0.29, 0.717) is 18.8 Å². The van der Waals surface area contributed by atoms with Crippen molar-refractivity contribution < 1.29 is 30.9 Å². The Labute approximate surface area is 152 Å². The molecule has 26 heavy (non-hydrogen) atoms. The van der Waals surface area contributed by atoms with Crippen LogP contribution in [0.2, 0.25) is 0 Å². The number of benzene rings is 1. The van der Waals surface area contributed by atoms with Crippen LogP contribution in [0.5, 0.6) is 5.75 Å². The number of aliphatic hydroxyl groups excluding tert-OH is 1. The molecule has 2 aliphatic rings. The molecule has 4 nitrogen and oxygen atoms in total.